The minimum Gasteiger partial charge on any atom is -0.493 e. The van der Waals surface area contributed by atoms with Gasteiger partial charge in [0, 0.05) is 23.7 Å². The summed E-state index contributed by atoms with van der Waals surface area (Å²) in [5, 5.41) is 0.582. The quantitative estimate of drug-likeness (QED) is 0.841. The highest BCUT2D eigenvalue weighted by atomic mass is 35.5. The highest BCUT2D eigenvalue weighted by Crippen LogP contribution is 2.33. The highest BCUT2D eigenvalue weighted by Gasteiger charge is 2.11. The zero-order valence-electron chi connectivity index (χ0n) is 11.0. The van der Waals surface area contributed by atoms with Gasteiger partial charge in [-0.15, -0.1) is 0 Å². The van der Waals surface area contributed by atoms with Gasteiger partial charge in [-0.05, 0) is 29.6 Å². The van der Waals surface area contributed by atoms with Crippen LogP contribution in [-0.4, -0.2) is 18.2 Å². The lowest BCUT2D eigenvalue weighted by Gasteiger charge is -2.11. The number of halogens is 2. The summed E-state index contributed by atoms with van der Waals surface area (Å²) in [7, 11) is 3.13. The molecule has 0 fully saturated rings. The van der Waals surface area contributed by atoms with Gasteiger partial charge in [-0.2, -0.15) is 0 Å². The largest absolute Gasteiger partial charge is 0.493 e. The highest BCUT2D eigenvalue weighted by molar-refractivity contribution is 7.11. The lowest BCUT2D eigenvalue weighted by Crippen LogP contribution is -2.13. The second-order valence-corrected chi connectivity index (χ2v) is 6.13. The van der Waals surface area contributed by atoms with Gasteiger partial charge in [-0.3, -0.25) is 8.75 Å². The third kappa shape index (κ3) is 3.29. The van der Waals surface area contributed by atoms with Crippen LogP contribution in [0, 0.1) is 0 Å². The smallest absolute Gasteiger partial charge is 0.262 e. The Labute approximate surface area is 130 Å². The molecular weight excluding hydrogens is 321 g/mol. The fourth-order valence-corrected chi connectivity index (χ4v) is 3.09. The molecule has 7 heteroatoms. The van der Waals surface area contributed by atoms with E-state index in [0.29, 0.717) is 33.8 Å². The predicted octanol–water partition coefficient (Wildman–Crippen LogP) is 3.48. The SMILES string of the molecule is COc1cc(Cl)c(CCn2sc(Cl)cc2=O)cc1OC. The zero-order chi connectivity index (χ0) is 14.7. The van der Waals surface area contributed by atoms with Gasteiger partial charge in [0.1, 0.15) is 4.34 Å². The van der Waals surface area contributed by atoms with E-state index < -0.39 is 0 Å². The molecule has 0 N–H and O–H groups in total. The van der Waals surface area contributed by atoms with E-state index in [-0.39, 0.29) is 5.56 Å². The van der Waals surface area contributed by atoms with E-state index in [1.807, 2.05) is 6.07 Å². The molecular formula is C13H13Cl2NO3S. The summed E-state index contributed by atoms with van der Waals surface area (Å²) in [6.45, 7) is 0.519. The molecule has 0 spiro atoms. The van der Waals surface area contributed by atoms with E-state index in [2.05, 4.69) is 0 Å². The predicted molar refractivity (Wildman–Crippen MR) is 81.8 cm³/mol. The molecule has 0 saturated carbocycles. The minimum atomic E-state index is -0.100. The number of hydrogen-bond donors (Lipinski definition) is 0. The first kappa shape index (κ1) is 15.2. The Hall–Kier alpha value is -1.17. The molecule has 0 atom stereocenters. The maximum Gasteiger partial charge on any atom is 0.262 e. The first-order valence-corrected chi connectivity index (χ1v) is 7.35. The molecule has 2 rings (SSSR count). The summed E-state index contributed by atoms with van der Waals surface area (Å²) in [6, 6.07) is 4.93. The van der Waals surface area contributed by atoms with Crippen molar-refractivity contribution in [3.8, 4) is 11.5 Å². The number of nitrogens with zero attached hydrogens (tertiary/aromatic N) is 1. The number of aromatic nitrogens is 1. The standard InChI is InChI=1S/C13H13Cl2NO3S/c1-18-10-5-8(9(14)6-11(10)19-2)3-4-16-13(17)7-12(15)20-16/h5-7H,3-4H2,1-2H3. The van der Waals surface area contributed by atoms with Crippen LogP contribution in [0.4, 0.5) is 0 Å². The van der Waals surface area contributed by atoms with Gasteiger partial charge in [-0.25, -0.2) is 0 Å². The van der Waals surface area contributed by atoms with E-state index in [9.17, 15) is 4.79 Å². The van der Waals surface area contributed by atoms with Gasteiger partial charge in [0.25, 0.3) is 5.56 Å². The molecule has 0 saturated heterocycles. The minimum absolute atomic E-state index is 0.100. The van der Waals surface area contributed by atoms with Crippen LogP contribution in [0.15, 0.2) is 23.0 Å². The molecule has 1 heterocycles. The Morgan fingerprint density at radius 3 is 2.35 bits per heavy atom. The Bertz CT molecular complexity index is 666. The van der Waals surface area contributed by atoms with Crippen molar-refractivity contribution >= 4 is 34.7 Å². The summed E-state index contributed by atoms with van der Waals surface area (Å²) in [6.07, 6.45) is 0.607. The monoisotopic (exact) mass is 333 g/mol. The van der Waals surface area contributed by atoms with Crippen molar-refractivity contribution in [3.63, 3.8) is 0 Å². The average Bonchev–Trinajstić information content (AvgIpc) is 2.75. The molecule has 1 aromatic carbocycles. The molecule has 0 aliphatic carbocycles. The summed E-state index contributed by atoms with van der Waals surface area (Å²) < 4.78 is 12.5. The first-order valence-electron chi connectivity index (χ1n) is 5.82. The van der Waals surface area contributed by atoms with Gasteiger partial charge in [0.15, 0.2) is 11.5 Å². The number of methoxy groups -OCH3 is 2. The van der Waals surface area contributed by atoms with E-state index >= 15 is 0 Å². The lowest BCUT2D eigenvalue weighted by molar-refractivity contribution is 0.354. The Morgan fingerprint density at radius 2 is 1.80 bits per heavy atom. The van der Waals surface area contributed by atoms with Crippen molar-refractivity contribution in [1.82, 2.24) is 3.96 Å². The van der Waals surface area contributed by atoms with E-state index in [1.165, 1.54) is 17.6 Å². The van der Waals surface area contributed by atoms with Crippen LogP contribution in [0.1, 0.15) is 5.56 Å². The van der Waals surface area contributed by atoms with Crippen LogP contribution in [0.25, 0.3) is 0 Å². The third-order valence-corrected chi connectivity index (χ3v) is 4.36. The molecule has 0 bridgehead atoms. The van der Waals surface area contributed by atoms with Crippen LogP contribution in [0.2, 0.25) is 9.36 Å². The average molecular weight is 334 g/mol. The molecule has 108 valence electrons. The van der Waals surface area contributed by atoms with Crippen molar-refractivity contribution in [3.05, 3.63) is 43.5 Å². The molecule has 2 aromatic rings. The Balaban J connectivity index is 2.21. The fraction of sp³-hybridized carbons (Fsp3) is 0.308. The summed E-state index contributed by atoms with van der Waals surface area (Å²) in [5.74, 6) is 1.20. The first-order chi connectivity index (χ1) is 9.55. The lowest BCUT2D eigenvalue weighted by atomic mass is 10.1. The van der Waals surface area contributed by atoms with Crippen molar-refractivity contribution in [2.75, 3.05) is 14.2 Å². The molecule has 1 aromatic heterocycles. The van der Waals surface area contributed by atoms with Gasteiger partial charge in [0.2, 0.25) is 0 Å². The van der Waals surface area contributed by atoms with Crippen LogP contribution >= 0.6 is 34.7 Å². The molecule has 0 aliphatic heterocycles. The Kier molecular flexibility index (Phi) is 4.96. The number of benzene rings is 1. The van der Waals surface area contributed by atoms with E-state index in [4.69, 9.17) is 32.7 Å². The van der Waals surface area contributed by atoms with Crippen molar-refractivity contribution < 1.29 is 9.47 Å². The second-order valence-electron chi connectivity index (χ2n) is 4.03. The van der Waals surface area contributed by atoms with Crippen LogP contribution in [-0.2, 0) is 13.0 Å². The van der Waals surface area contributed by atoms with Crippen LogP contribution in [0.3, 0.4) is 0 Å². The zero-order valence-corrected chi connectivity index (χ0v) is 13.3. The maximum atomic E-state index is 11.6. The van der Waals surface area contributed by atoms with Gasteiger partial charge < -0.3 is 9.47 Å². The molecule has 0 aliphatic rings. The number of aryl methyl sites for hydroxylation is 2. The van der Waals surface area contributed by atoms with Gasteiger partial charge in [-0.1, -0.05) is 23.2 Å². The van der Waals surface area contributed by atoms with Gasteiger partial charge in [0.05, 0.1) is 14.2 Å². The summed E-state index contributed by atoms with van der Waals surface area (Å²) >= 11 is 13.2. The maximum absolute atomic E-state index is 11.6. The van der Waals surface area contributed by atoms with Crippen LogP contribution in [0.5, 0.6) is 11.5 Å². The summed E-state index contributed by atoms with van der Waals surface area (Å²) in [5.41, 5.74) is 0.789. The second kappa shape index (κ2) is 6.52. The van der Waals surface area contributed by atoms with Crippen LogP contribution < -0.4 is 15.0 Å². The number of hydrogen-bond acceptors (Lipinski definition) is 4. The topological polar surface area (TPSA) is 40.5 Å². The molecule has 0 amide bonds. The molecule has 20 heavy (non-hydrogen) atoms. The van der Waals surface area contributed by atoms with Crippen molar-refractivity contribution in [2.24, 2.45) is 0 Å². The fourth-order valence-electron chi connectivity index (χ4n) is 1.81. The van der Waals surface area contributed by atoms with Crippen molar-refractivity contribution in [1.29, 1.82) is 0 Å². The normalized spacial score (nSPS) is 10.6. The van der Waals surface area contributed by atoms with E-state index in [0.717, 1.165) is 5.56 Å². The summed E-state index contributed by atoms with van der Waals surface area (Å²) in [4.78, 5) is 11.6. The van der Waals surface area contributed by atoms with E-state index in [1.54, 1.807) is 24.2 Å². The number of ether oxygens (including phenoxy) is 2. The van der Waals surface area contributed by atoms with Gasteiger partial charge >= 0.3 is 0 Å². The molecule has 4 nitrogen and oxygen atoms in total. The Morgan fingerprint density at radius 1 is 1.15 bits per heavy atom. The molecule has 0 radical (unpaired) electrons. The molecule has 0 unspecified atom stereocenters. The van der Waals surface area contributed by atoms with Crippen molar-refractivity contribution in [2.45, 2.75) is 13.0 Å². The third-order valence-electron chi connectivity index (χ3n) is 2.82. The number of rotatable bonds is 5.